The molecule has 0 unspecified atom stereocenters. The summed E-state index contributed by atoms with van der Waals surface area (Å²) in [5, 5.41) is 0. The number of rotatable bonds is 6. The number of hydrogen-bond acceptors (Lipinski definition) is 6. The number of ether oxygens (including phenoxy) is 2. The molecule has 3 amide bonds. The summed E-state index contributed by atoms with van der Waals surface area (Å²) in [6, 6.07) is 13.7. The number of nitrogens with zero attached hydrogens (tertiary/aromatic N) is 2. The van der Waals surface area contributed by atoms with Crippen LogP contribution < -0.4 is 19.3 Å². The first-order valence-corrected chi connectivity index (χ1v) is 12.2. The molecule has 0 aromatic heterocycles. The van der Waals surface area contributed by atoms with Crippen LogP contribution in [0.1, 0.15) is 39.0 Å². The summed E-state index contributed by atoms with van der Waals surface area (Å²) < 4.78 is 11.2. The predicted molar refractivity (Wildman–Crippen MR) is 128 cm³/mol. The van der Waals surface area contributed by atoms with Crippen LogP contribution in [0.15, 0.2) is 48.5 Å². The van der Waals surface area contributed by atoms with Crippen molar-refractivity contribution in [3.8, 4) is 11.5 Å². The highest BCUT2D eigenvalue weighted by Gasteiger charge is 2.48. The second kappa shape index (κ2) is 9.52. The number of para-hydroxylation sites is 2. The largest absolute Gasteiger partial charge is 0.492 e. The second-order valence-corrected chi connectivity index (χ2v) is 9.23. The molecule has 35 heavy (non-hydrogen) atoms. The minimum absolute atomic E-state index is 0.0332. The molecule has 8 heteroatoms. The molecule has 1 aliphatic carbocycles. The Balaban J connectivity index is 1.29. The van der Waals surface area contributed by atoms with E-state index in [-0.39, 0.29) is 48.3 Å². The Kier molecular flexibility index (Phi) is 6.28. The lowest BCUT2D eigenvalue weighted by Crippen LogP contribution is -2.31. The molecule has 0 bridgehead atoms. The average molecular weight is 477 g/mol. The van der Waals surface area contributed by atoms with Gasteiger partial charge in [0.2, 0.25) is 17.7 Å². The molecule has 0 spiro atoms. The van der Waals surface area contributed by atoms with Crippen LogP contribution in [0.4, 0.5) is 11.4 Å². The zero-order chi connectivity index (χ0) is 24.5. The van der Waals surface area contributed by atoms with Gasteiger partial charge >= 0.3 is 5.97 Å². The van der Waals surface area contributed by atoms with E-state index in [2.05, 4.69) is 0 Å². The number of carbonyl (C=O) groups excluding carboxylic acids is 4. The molecule has 5 rings (SSSR count). The zero-order valence-corrected chi connectivity index (χ0v) is 19.6. The van der Waals surface area contributed by atoms with Crippen molar-refractivity contribution in [3.05, 3.63) is 48.5 Å². The van der Waals surface area contributed by atoms with Gasteiger partial charge in [0, 0.05) is 19.0 Å². The van der Waals surface area contributed by atoms with E-state index < -0.39 is 11.9 Å². The van der Waals surface area contributed by atoms with Crippen molar-refractivity contribution in [1.82, 2.24) is 0 Å². The lowest BCUT2D eigenvalue weighted by molar-refractivity contribution is -0.139. The zero-order valence-electron chi connectivity index (χ0n) is 19.6. The third kappa shape index (κ3) is 4.29. The minimum Gasteiger partial charge on any atom is -0.492 e. The van der Waals surface area contributed by atoms with Crippen LogP contribution in [-0.4, -0.2) is 36.8 Å². The van der Waals surface area contributed by atoms with Gasteiger partial charge in [-0.25, -0.2) is 4.90 Å². The van der Waals surface area contributed by atoms with E-state index in [1.165, 1.54) is 4.90 Å². The fourth-order valence-electron chi connectivity index (χ4n) is 5.36. The summed E-state index contributed by atoms with van der Waals surface area (Å²) in [5.74, 6) is -1.37. The van der Waals surface area contributed by atoms with Gasteiger partial charge in [-0.1, -0.05) is 31.0 Å². The van der Waals surface area contributed by atoms with Crippen LogP contribution in [0.5, 0.6) is 11.5 Å². The van der Waals surface area contributed by atoms with Crippen molar-refractivity contribution in [3.63, 3.8) is 0 Å². The minimum atomic E-state index is -0.640. The van der Waals surface area contributed by atoms with E-state index in [1.807, 2.05) is 19.1 Å². The first-order chi connectivity index (χ1) is 17.0. The van der Waals surface area contributed by atoms with E-state index in [0.717, 1.165) is 25.7 Å². The third-order valence-corrected chi connectivity index (χ3v) is 7.05. The van der Waals surface area contributed by atoms with Gasteiger partial charge in [-0.15, -0.1) is 0 Å². The van der Waals surface area contributed by atoms with E-state index in [0.29, 0.717) is 23.7 Å². The summed E-state index contributed by atoms with van der Waals surface area (Å²) in [4.78, 5) is 54.3. The van der Waals surface area contributed by atoms with Gasteiger partial charge in [0.25, 0.3) is 0 Å². The Bertz CT molecular complexity index is 1150. The van der Waals surface area contributed by atoms with E-state index in [9.17, 15) is 19.2 Å². The van der Waals surface area contributed by atoms with Gasteiger partial charge in [0.15, 0.2) is 0 Å². The lowest BCUT2D eigenvalue weighted by atomic mass is 9.81. The molecule has 0 N–H and O–H groups in total. The predicted octanol–water partition coefficient (Wildman–Crippen LogP) is 3.72. The summed E-state index contributed by atoms with van der Waals surface area (Å²) in [5.41, 5.74) is 1.04. The summed E-state index contributed by atoms with van der Waals surface area (Å²) in [6.07, 6.45) is 3.42. The second-order valence-electron chi connectivity index (χ2n) is 9.23. The van der Waals surface area contributed by atoms with E-state index >= 15 is 0 Å². The molecular weight excluding hydrogens is 448 g/mol. The van der Waals surface area contributed by atoms with Crippen molar-refractivity contribution < 1.29 is 28.7 Å². The van der Waals surface area contributed by atoms with Crippen LogP contribution in [0.2, 0.25) is 0 Å². The van der Waals surface area contributed by atoms with Crippen LogP contribution >= 0.6 is 0 Å². The fourth-order valence-corrected chi connectivity index (χ4v) is 5.36. The molecule has 2 heterocycles. The SMILES string of the molecule is CCOc1ccccc1N1C[C@H](C(=O)Oc2cccc(N3C(=O)[C@H]4CCCC[C@H]4C3=O)c2)CC1=O. The fraction of sp³-hybridized carbons (Fsp3) is 0.407. The van der Waals surface area contributed by atoms with E-state index in [1.54, 1.807) is 41.3 Å². The number of esters is 1. The number of benzene rings is 2. The molecule has 2 aliphatic heterocycles. The molecule has 0 radical (unpaired) electrons. The van der Waals surface area contributed by atoms with Crippen molar-refractivity contribution in [2.45, 2.75) is 39.0 Å². The smallest absolute Gasteiger partial charge is 0.316 e. The topological polar surface area (TPSA) is 93.2 Å². The molecule has 2 aromatic rings. The third-order valence-electron chi connectivity index (χ3n) is 7.05. The summed E-state index contributed by atoms with van der Waals surface area (Å²) in [7, 11) is 0. The first kappa shape index (κ1) is 23.1. The number of anilines is 2. The van der Waals surface area contributed by atoms with Gasteiger partial charge in [0.05, 0.1) is 35.7 Å². The van der Waals surface area contributed by atoms with Crippen molar-refractivity contribution in [1.29, 1.82) is 0 Å². The van der Waals surface area contributed by atoms with Gasteiger partial charge in [0.1, 0.15) is 11.5 Å². The van der Waals surface area contributed by atoms with Crippen molar-refractivity contribution in [2.75, 3.05) is 23.0 Å². The van der Waals surface area contributed by atoms with Crippen molar-refractivity contribution >= 4 is 35.1 Å². The highest BCUT2D eigenvalue weighted by atomic mass is 16.5. The molecule has 2 saturated heterocycles. The Morgan fingerprint density at radius 2 is 1.69 bits per heavy atom. The molecule has 182 valence electrons. The molecule has 1 saturated carbocycles. The number of imide groups is 1. The van der Waals surface area contributed by atoms with Gasteiger partial charge < -0.3 is 14.4 Å². The lowest BCUT2D eigenvalue weighted by Gasteiger charge is -2.20. The molecular formula is C27H28N2O6. The maximum Gasteiger partial charge on any atom is 0.316 e. The highest BCUT2D eigenvalue weighted by molar-refractivity contribution is 6.22. The number of fused-ring (bicyclic) bond motifs is 1. The maximum atomic E-state index is 12.9. The number of carbonyl (C=O) groups is 4. The molecule has 3 fully saturated rings. The summed E-state index contributed by atoms with van der Waals surface area (Å²) in [6.45, 7) is 2.52. The van der Waals surface area contributed by atoms with Crippen LogP contribution in [-0.2, 0) is 19.2 Å². The maximum absolute atomic E-state index is 12.9. The Morgan fingerprint density at radius 1 is 0.971 bits per heavy atom. The molecule has 2 aromatic carbocycles. The molecule has 3 aliphatic rings. The quantitative estimate of drug-likeness (QED) is 0.358. The van der Waals surface area contributed by atoms with Crippen LogP contribution in [0, 0.1) is 17.8 Å². The standard InChI is InChI=1S/C27H28N2O6/c1-2-34-23-13-6-5-12-22(23)28-16-17(14-24(28)30)27(33)35-19-9-7-8-18(15-19)29-25(31)20-10-3-4-11-21(20)26(29)32/h5-9,12-13,15,17,20-21H,2-4,10-11,14,16H2,1H3/t17-,20-,21+/m1/s1. The highest BCUT2D eigenvalue weighted by Crippen LogP contribution is 2.41. The van der Waals surface area contributed by atoms with Gasteiger partial charge in [-0.2, -0.15) is 0 Å². The molecule has 8 nitrogen and oxygen atoms in total. The first-order valence-electron chi connectivity index (χ1n) is 12.2. The monoisotopic (exact) mass is 476 g/mol. The normalized spacial score (nSPS) is 24.0. The number of amides is 3. The Labute approximate surface area is 203 Å². The average Bonchev–Trinajstić information content (AvgIpc) is 3.37. The number of hydrogen-bond donors (Lipinski definition) is 0. The van der Waals surface area contributed by atoms with Gasteiger partial charge in [-0.05, 0) is 44.0 Å². The van der Waals surface area contributed by atoms with E-state index in [4.69, 9.17) is 9.47 Å². The van der Waals surface area contributed by atoms with Crippen LogP contribution in [0.3, 0.4) is 0 Å². The summed E-state index contributed by atoms with van der Waals surface area (Å²) >= 11 is 0. The Hall–Kier alpha value is -3.68. The molecule has 3 atom stereocenters. The van der Waals surface area contributed by atoms with Crippen molar-refractivity contribution in [2.24, 2.45) is 17.8 Å². The Morgan fingerprint density at radius 3 is 2.40 bits per heavy atom. The van der Waals surface area contributed by atoms with Crippen LogP contribution in [0.25, 0.3) is 0 Å². The van der Waals surface area contributed by atoms with Gasteiger partial charge in [-0.3, -0.25) is 19.2 Å².